The first-order valence-electron chi connectivity index (χ1n) is 11.4. The number of hydrogen-bond donors (Lipinski definition) is 3. The summed E-state index contributed by atoms with van der Waals surface area (Å²) in [6.07, 6.45) is 5.99. The van der Waals surface area contributed by atoms with Crippen LogP contribution in [0.25, 0.3) is 27.9 Å². The highest BCUT2D eigenvalue weighted by atomic mass is 16.6. The largest absolute Gasteiger partial charge is 0.444 e. The molecule has 0 saturated carbocycles. The number of H-pyrrole nitrogens is 2. The Labute approximate surface area is 198 Å². The summed E-state index contributed by atoms with van der Waals surface area (Å²) in [6, 6.07) is 14.3. The van der Waals surface area contributed by atoms with Gasteiger partial charge in [-0.2, -0.15) is 0 Å². The number of amides is 1. The summed E-state index contributed by atoms with van der Waals surface area (Å²) < 4.78 is 5.49. The first-order chi connectivity index (χ1) is 16.4. The van der Waals surface area contributed by atoms with Gasteiger partial charge in [0, 0.05) is 36.4 Å². The topological polar surface area (TPSA) is 98.9 Å². The molecule has 0 bridgehead atoms. The van der Waals surface area contributed by atoms with Gasteiger partial charge in [0.2, 0.25) is 0 Å². The van der Waals surface area contributed by atoms with Crippen molar-refractivity contribution in [2.75, 3.05) is 18.4 Å². The Bertz CT molecular complexity index is 1350. The molecule has 1 aromatic carbocycles. The molecule has 0 radical (unpaired) electrons. The van der Waals surface area contributed by atoms with Crippen LogP contribution in [0.2, 0.25) is 0 Å². The third-order valence-electron chi connectivity index (χ3n) is 5.67. The second-order valence-corrected chi connectivity index (χ2v) is 9.36. The molecule has 3 aromatic heterocycles. The number of nitrogens with zero attached hydrogens (tertiary/aromatic N) is 3. The Hall–Kier alpha value is -4.07. The molecule has 0 saturated heterocycles. The summed E-state index contributed by atoms with van der Waals surface area (Å²) >= 11 is 0. The molecule has 0 atom stereocenters. The zero-order chi connectivity index (χ0) is 23.7. The van der Waals surface area contributed by atoms with Gasteiger partial charge in [0.15, 0.2) is 0 Å². The van der Waals surface area contributed by atoms with Crippen LogP contribution >= 0.6 is 0 Å². The predicted molar refractivity (Wildman–Crippen MR) is 134 cm³/mol. The van der Waals surface area contributed by atoms with Gasteiger partial charge in [0.25, 0.3) is 0 Å². The summed E-state index contributed by atoms with van der Waals surface area (Å²) in [7, 11) is 0. The zero-order valence-corrected chi connectivity index (χ0v) is 19.6. The van der Waals surface area contributed by atoms with E-state index in [0.717, 1.165) is 51.5 Å². The van der Waals surface area contributed by atoms with Gasteiger partial charge in [-0.15, -0.1) is 0 Å². The maximum atomic E-state index is 12.4. The number of ether oxygens (including phenoxy) is 1. The van der Waals surface area contributed by atoms with Crippen molar-refractivity contribution >= 4 is 34.2 Å². The third-order valence-corrected chi connectivity index (χ3v) is 5.67. The van der Waals surface area contributed by atoms with Crippen LogP contribution in [0.3, 0.4) is 0 Å². The van der Waals surface area contributed by atoms with Crippen molar-refractivity contribution in [2.24, 2.45) is 0 Å². The Morgan fingerprint density at radius 3 is 2.74 bits per heavy atom. The molecule has 0 fully saturated rings. The summed E-state index contributed by atoms with van der Waals surface area (Å²) in [5.74, 6) is 0.739. The van der Waals surface area contributed by atoms with Crippen molar-refractivity contribution in [1.29, 1.82) is 0 Å². The summed E-state index contributed by atoms with van der Waals surface area (Å²) in [5, 5.41) is 4.35. The molecule has 4 aromatic rings. The van der Waals surface area contributed by atoms with Gasteiger partial charge >= 0.3 is 6.09 Å². The number of carbonyl (C=O) groups excluding carboxylic acids is 1. The lowest BCUT2D eigenvalue weighted by atomic mass is 10.1. The Balaban J connectivity index is 1.36. The molecule has 1 amide bonds. The van der Waals surface area contributed by atoms with E-state index in [1.54, 1.807) is 11.2 Å². The highest BCUT2D eigenvalue weighted by molar-refractivity contribution is 5.92. The lowest BCUT2D eigenvalue weighted by molar-refractivity contribution is 0.0270. The predicted octanol–water partition coefficient (Wildman–Crippen LogP) is 5.72. The molecule has 0 aliphatic carbocycles. The number of fused-ring (bicyclic) bond motifs is 1. The maximum absolute atomic E-state index is 12.4. The molecule has 4 heterocycles. The van der Waals surface area contributed by atoms with Crippen LogP contribution in [0.15, 0.2) is 61.1 Å². The number of rotatable bonds is 4. The van der Waals surface area contributed by atoms with Crippen LogP contribution in [0.4, 0.5) is 16.3 Å². The van der Waals surface area contributed by atoms with Crippen LogP contribution < -0.4 is 5.32 Å². The quantitative estimate of drug-likeness (QED) is 0.365. The van der Waals surface area contributed by atoms with Gasteiger partial charge in [-0.1, -0.05) is 18.2 Å². The molecule has 0 unspecified atom stereocenters. The van der Waals surface area contributed by atoms with Crippen molar-refractivity contribution in [3.8, 4) is 11.3 Å². The fourth-order valence-corrected chi connectivity index (χ4v) is 4.03. The molecular formula is C26H28N6O2. The van der Waals surface area contributed by atoms with E-state index >= 15 is 0 Å². The van der Waals surface area contributed by atoms with Gasteiger partial charge in [-0.05, 0) is 68.7 Å². The van der Waals surface area contributed by atoms with Crippen LogP contribution in [-0.2, 0) is 4.74 Å². The maximum Gasteiger partial charge on any atom is 0.410 e. The van der Waals surface area contributed by atoms with Gasteiger partial charge in [-0.3, -0.25) is 0 Å². The number of aromatic nitrogens is 4. The first-order valence-corrected chi connectivity index (χ1v) is 11.4. The molecule has 0 spiro atoms. The normalized spacial score (nSPS) is 14.2. The zero-order valence-electron chi connectivity index (χ0n) is 19.6. The van der Waals surface area contributed by atoms with Crippen molar-refractivity contribution in [3.63, 3.8) is 0 Å². The monoisotopic (exact) mass is 456 g/mol. The average molecular weight is 457 g/mol. The van der Waals surface area contributed by atoms with E-state index in [9.17, 15) is 4.79 Å². The van der Waals surface area contributed by atoms with E-state index in [4.69, 9.17) is 4.74 Å². The average Bonchev–Trinajstić information content (AvgIpc) is 3.49. The third kappa shape index (κ3) is 4.66. The van der Waals surface area contributed by atoms with Gasteiger partial charge in [-0.25, -0.2) is 14.8 Å². The van der Waals surface area contributed by atoms with Crippen LogP contribution in [0.1, 0.15) is 32.9 Å². The molecular weight excluding hydrogens is 428 g/mol. The highest BCUT2D eigenvalue weighted by Gasteiger charge is 2.24. The second kappa shape index (κ2) is 8.70. The lowest BCUT2D eigenvalue weighted by Gasteiger charge is -2.29. The highest BCUT2D eigenvalue weighted by Crippen LogP contribution is 2.30. The van der Waals surface area contributed by atoms with Crippen LogP contribution in [0.5, 0.6) is 0 Å². The smallest absolute Gasteiger partial charge is 0.410 e. The van der Waals surface area contributed by atoms with E-state index in [-0.39, 0.29) is 6.09 Å². The van der Waals surface area contributed by atoms with Crippen molar-refractivity contribution in [1.82, 2.24) is 24.8 Å². The number of benzene rings is 1. The Kier molecular flexibility index (Phi) is 5.57. The summed E-state index contributed by atoms with van der Waals surface area (Å²) in [6.45, 7) is 6.76. The van der Waals surface area contributed by atoms with E-state index in [2.05, 4.69) is 49.5 Å². The summed E-state index contributed by atoms with van der Waals surface area (Å²) in [5.41, 5.74) is 5.51. The fraction of sp³-hybridized carbons (Fsp3) is 0.269. The van der Waals surface area contributed by atoms with E-state index in [1.807, 2.05) is 51.2 Å². The molecule has 34 heavy (non-hydrogen) atoms. The number of nitrogens with one attached hydrogen (secondary N) is 3. The lowest BCUT2D eigenvalue weighted by Crippen LogP contribution is -2.39. The minimum Gasteiger partial charge on any atom is -0.444 e. The van der Waals surface area contributed by atoms with Crippen LogP contribution in [-0.4, -0.2) is 49.6 Å². The second-order valence-electron chi connectivity index (χ2n) is 9.36. The van der Waals surface area contributed by atoms with Gasteiger partial charge in [0.1, 0.15) is 23.4 Å². The van der Waals surface area contributed by atoms with E-state index in [0.29, 0.717) is 13.1 Å². The first kappa shape index (κ1) is 21.8. The summed E-state index contributed by atoms with van der Waals surface area (Å²) in [4.78, 5) is 29.6. The molecule has 8 heteroatoms. The minimum absolute atomic E-state index is 0.279. The molecule has 3 N–H and O–H groups in total. The Morgan fingerprint density at radius 2 is 2.00 bits per heavy atom. The number of aromatic amines is 2. The number of anilines is 2. The van der Waals surface area contributed by atoms with Gasteiger partial charge < -0.3 is 24.9 Å². The van der Waals surface area contributed by atoms with E-state index < -0.39 is 5.60 Å². The number of hydrogen-bond acceptors (Lipinski definition) is 5. The van der Waals surface area contributed by atoms with Crippen molar-refractivity contribution in [2.45, 2.75) is 32.8 Å². The molecule has 8 nitrogen and oxygen atoms in total. The molecule has 174 valence electrons. The number of carbonyl (C=O) groups is 1. The van der Waals surface area contributed by atoms with Crippen LogP contribution in [0, 0.1) is 0 Å². The fourth-order valence-electron chi connectivity index (χ4n) is 4.03. The van der Waals surface area contributed by atoms with Gasteiger partial charge in [0.05, 0.1) is 5.39 Å². The molecule has 1 aliphatic heterocycles. The molecule has 1 aliphatic rings. The van der Waals surface area contributed by atoms with Crippen molar-refractivity contribution in [3.05, 3.63) is 66.8 Å². The Morgan fingerprint density at radius 1 is 1.12 bits per heavy atom. The van der Waals surface area contributed by atoms with E-state index in [1.165, 1.54) is 0 Å². The van der Waals surface area contributed by atoms with Crippen molar-refractivity contribution < 1.29 is 9.53 Å². The standard InChI is InChI=1S/C26H28N6O2/c1-26(2,3)34-25(33)32-12-9-17(10-13-32)22-15-20-23(28-16-29-24(20)31-22)30-19-7-4-6-18(14-19)21-8-5-11-27-21/h4-9,11,14-16,27H,10,12-13H2,1-3H3,(H2,28,29,30,31). The molecule has 5 rings (SSSR count). The minimum atomic E-state index is -0.499. The SMILES string of the molecule is CC(C)(C)OC(=O)N1CC=C(c2cc3c(Nc4cccc(-c5ccc[nH]5)c4)ncnc3[nH]2)CC1.